The van der Waals surface area contributed by atoms with Gasteiger partial charge in [0.25, 0.3) is 0 Å². The lowest BCUT2D eigenvalue weighted by Crippen LogP contribution is -2.18. The molecular weight excluding hydrogens is 246 g/mol. The highest BCUT2D eigenvalue weighted by Crippen LogP contribution is 2.19. The first-order valence-electron chi connectivity index (χ1n) is 7.03. The molecule has 0 amide bonds. The molecule has 2 aromatic carbocycles. The Bertz CT molecular complexity index is 577. The standard InChI is InChI=1S/C18H23NO/c1-13-8-9-16(10-14(13)2)12-19-15(3)17-6-5-7-18(11-17)20-4/h5-11,15,19H,12H2,1-4H3/t15-/m1/s1. The number of hydrogen-bond acceptors (Lipinski definition) is 2. The lowest BCUT2D eigenvalue weighted by atomic mass is 10.0. The van der Waals surface area contributed by atoms with Crippen LogP contribution in [0, 0.1) is 13.8 Å². The molecule has 0 saturated heterocycles. The fourth-order valence-corrected chi connectivity index (χ4v) is 2.21. The summed E-state index contributed by atoms with van der Waals surface area (Å²) in [5.74, 6) is 0.905. The van der Waals surface area contributed by atoms with Crippen molar-refractivity contribution in [2.75, 3.05) is 7.11 Å². The van der Waals surface area contributed by atoms with Crippen molar-refractivity contribution in [2.24, 2.45) is 0 Å². The highest BCUT2D eigenvalue weighted by atomic mass is 16.5. The zero-order valence-corrected chi connectivity index (χ0v) is 12.7. The molecule has 0 unspecified atom stereocenters. The van der Waals surface area contributed by atoms with E-state index < -0.39 is 0 Å². The molecule has 2 aromatic rings. The van der Waals surface area contributed by atoms with E-state index in [1.54, 1.807) is 7.11 Å². The zero-order valence-electron chi connectivity index (χ0n) is 12.7. The van der Waals surface area contributed by atoms with Gasteiger partial charge >= 0.3 is 0 Å². The van der Waals surface area contributed by atoms with Crippen molar-refractivity contribution >= 4 is 0 Å². The molecule has 0 heterocycles. The molecule has 20 heavy (non-hydrogen) atoms. The highest BCUT2D eigenvalue weighted by molar-refractivity contribution is 5.31. The summed E-state index contributed by atoms with van der Waals surface area (Å²) in [6.45, 7) is 7.35. The van der Waals surface area contributed by atoms with Gasteiger partial charge in [-0.1, -0.05) is 30.3 Å². The van der Waals surface area contributed by atoms with E-state index in [-0.39, 0.29) is 0 Å². The summed E-state index contributed by atoms with van der Waals surface area (Å²) in [5, 5.41) is 3.56. The van der Waals surface area contributed by atoms with E-state index in [1.807, 2.05) is 12.1 Å². The summed E-state index contributed by atoms with van der Waals surface area (Å²) in [4.78, 5) is 0. The van der Waals surface area contributed by atoms with Gasteiger partial charge < -0.3 is 10.1 Å². The fraction of sp³-hybridized carbons (Fsp3) is 0.333. The van der Waals surface area contributed by atoms with Crippen LogP contribution < -0.4 is 10.1 Å². The lowest BCUT2D eigenvalue weighted by Gasteiger charge is -2.15. The Hall–Kier alpha value is -1.80. The number of nitrogens with one attached hydrogen (secondary N) is 1. The van der Waals surface area contributed by atoms with E-state index in [4.69, 9.17) is 4.74 Å². The van der Waals surface area contributed by atoms with Crippen LogP contribution in [0.5, 0.6) is 5.75 Å². The minimum absolute atomic E-state index is 0.298. The van der Waals surface area contributed by atoms with Gasteiger partial charge in [0.2, 0.25) is 0 Å². The van der Waals surface area contributed by atoms with Crippen molar-refractivity contribution < 1.29 is 4.74 Å². The molecule has 0 bridgehead atoms. The van der Waals surface area contributed by atoms with Gasteiger partial charge in [-0.25, -0.2) is 0 Å². The minimum Gasteiger partial charge on any atom is -0.497 e. The summed E-state index contributed by atoms with van der Waals surface area (Å²) < 4.78 is 5.27. The largest absolute Gasteiger partial charge is 0.497 e. The van der Waals surface area contributed by atoms with E-state index in [2.05, 4.69) is 56.4 Å². The lowest BCUT2D eigenvalue weighted by molar-refractivity contribution is 0.413. The smallest absolute Gasteiger partial charge is 0.119 e. The molecular formula is C18H23NO. The predicted molar refractivity (Wildman–Crippen MR) is 84.2 cm³/mol. The van der Waals surface area contributed by atoms with Crippen LogP contribution in [0.4, 0.5) is 0 Å². The number of aryl methyl sites for hydroxylation is 2. The van der Waals surface area contributed by atoms with E-state index in [9.17, 15) is 0 Å². The van der Waals surface area contributed by atoms with Crippen LogP contribution in [0.2, 0.25) is 0 Å². The first-order valence-corrected chi connectivity index (χ1v) is 7.03. The van der Waals surface area contributed by atoms with Crippen LogP contribution in [0.1, 0.15) is 35.2 Å². The van der Waals surface area contributed by atoms with Crippen LogP contribution in [0.3, 0.4) is 0 Å². The Labute approximate surface area is 121 Å². The first kappa shape index (κ1) is 14.6. The van der Waals surface area contributed by atoms with Gasteiger partial charge in [0.05, 0.1) is 7.11 Å². The molecule has 0 spiro atoms. The number of hydrogen-bond donors (Lipinski definition) is 1. The van der Waals surface area contributed by atoms with Crippen LogP contribution in [0.25, 0.3) is 0 Å². The molecule has 106 valence electrons. The quantitative estimate of drug-likeness (QED) is 0.880. The molecule has 2 heteroatoms. The van der Waals surface area contributed by atoms with Crippen LogP contribution >= 0.6 is 0 Å². The van der Waals surface area contributed by atoms with Gasteiger partial charge in [-0.3, -0.25) is 0 Å². The third kappa shape index (κ3) is 3.61. The molecule has 0 aliphatic rings. The van der Waals surface area contributed by atoms with Gasteiger partial charge in [-0.05, 0) is 55.2 Å². The highest BCUT2D eigenvalue weighted by Gasteiger charge is 2.06. The summed E-state index contributed by atoms with van der Waals surface area (Å²) in [7, 11) is 1.70. The van der Waals surface area contributed by atoms with E-state index >= 15 is 0 Å². The minimum atomic E-state index is 0.298. The molecule has 1 N–H and O–H groups in total. The predicted octanol–water partition coefficient (Wildman–Crippen LogP) is 4.16. The Balaban J connectivity index is 2.00. The second-order valence-electron chi connectivity index (χ2n) is 5.30. The Morgan fingerprint density at radius 2 is 1.85 bits per heavy atom. The average molecular weight is 269 g/mol. The maximum Gasteiger partial charge on any atom is 0.119 e. The third-order valence-electron chi connectivity index (χ3n) is 3.78. The van der Waals surface area contributed by atoms with Gasteiger partial charge in [0.1, 0.15) is 5.75 Å². The van der Waals surface area contributed by atoms with Crippen LogP contribution in [-0.2, 0) is 6.54 Å². The summed E-state index contributed by atoms with van der Waals surface area (Å²) in [5.41, 5.74) is 5.25. The van der Waals surface area contributed by atoms with Crippen LogP contribution in [-0.4, -0.2) is 7.11 Å². The second-order valence-corrected chi connectivity index (χ2v) is 5.30. The molecule has 2 rings (SSSR count). The molecule has 2 nitrogen and oxygen atoms in total. The van der Waals surface area contributed by atoms with Gasteiger partial charge in [0.15, 0.2) is 0 Å². The zero-order chi connectivity index (χ0) is 14.5. The van der Waals surface area contributed by atoms with Crippen molar-refractivity contribution in [1.29, 1.82) is 0 Å². The molecule has 0 aliphatic heterocycles. The maximum absolute atomic E-state index is 5.27. The van der Waals surface area contributed by atoms with Crippen molar-refractivity contribution in [3.63, 3.8) is 0 Å². The number of ether oxygens (including phenoxy) is 1. The van der Waals surface area contributed by atoms with Crippen LogP contribution in [0.15, 0.2) is 42.5 Å². The SMILES string of the molecule is COc1cccc([C@@H](C)NCc2ccc(C)c(C)c2)c1. The molecule has 0 aromatic heterocycles. The monoisotopic (exact) mass is 269 g/mol. The normalized spacial score (nSPS) is 12.2. The molecule has 0 radical (unpaired) electrons. The van der Waals surface area contributed by atoms with Crippen molar-refractivity contribution in [3.8, 4) is 5.75 Å². The van der Waals surface area contributed by atoms with Crippen molar-refractivity contribution in [3.05, 3.63) is 64.7 Å². The maximum atomic E-state index is 5.27. The Morgan fingerprint density at radius 1 is 1.05 bits per heavy atom. The number of methoxy groups -OCH3 is 1. The molecule has 0 fully saturated rings. The first-order chi connectivity index (χ1) is 9.60. The third-order valence-corrected chi connectivity index (χ3v) is 3.78. The Kier molecular flexibility index (Phi) is 4.80. The van der Waals surface area contributed by atoms with Crippen molar-refractivity contribution in [2.45, 2.75) is 33.4 Å². The van der Waals surface area contributed by atoms with E-state index in [0.717, 1.165) is 12.3 Å². The molecule has 0 aliphatic carbocycles. The number of benzene rings is 2. The molecule has 0 saturated carbocycles. The van der Waals surface area contributed by atoms with E-state index in [1.165, 1.54) is 22.3 Å². The average Bonchev–Trinajstić information content (AvgIpc) is 2.48. The summed E-state index contributed by atoms with van der Waals surface area (Å²) >= 11 is 0. The second kappa shape index (κ2) is 6.58. The van der Waals surface area contributed by atoms with Gasteiger partial charge in [-0.15, -0.1) is 0 Å². The number of rotatable bonds is 5. The fourth-order valence-electron chi connectivity index (χ4n) is 2.21. The molecule has 1 atom stereocenters. The van der Waals surface area contributed by atoms with Crippen molar-refractivity contribution in [1.82, 2.24) is 5.32 Å². The topological polar surface area (TPSA) is 21.3 Å². The Morgan fingerprint density at radius 3 is 2.55 bits per heavy atom. The van der Waals surface area contributed by atoms with E-state index in [0.29, 0.717) is 6.04 Å². The van der Waals surface area contributed by atoms with Gasteiger partial charge in [-0.2, -0.15) is 0 Å². The summed E-state index contributed by atoms with van der Waals surface area (Å²) in [6, 6.07) is 15.1. The summed E-state index contributed by atoms with van der Waals surface area (Å²) in [6.07, 6.45) is 0. The van der Waals surface area contributed by atoms with Gasteiger partial charge in [0, 0.05) is 12.6 Å².